The van der Waals surface area contributed by atoms with Crippen molar-refractivity contribution in [2.75, 3.05) is 26.7 Å². The average molecular weight is 414 g/mol. The summed E-state index contributed by atoms with van der Waals surface area (Å²) in [6.07, 6.45) is -0.130. The Hall–Kier alpha value is -2.80. The fourth-order valence-corrected chi connectivity index (χ4v) is 3.72. The molecule has 1 unspecified atom stereocenters. The van der Waals surface area contributed by atoms with E-state index in [1.165, 1.54) is 0 Å². The van der Waals surface area contributed by atoms with Crippen LogP contribution in [0.4, 0.5) is 0 Å². The summed E-state index contributed by atoms with van der Waals surface area (Å²) in [6.45, 7) is 9.21. The molecule has 3 rings (SSSR count). The maximum Gasteiger partial charge on any atom is 0.234 e. The molecule has 0 saturated carbocycles. The van der Waals surface area contributed by atoms with Crippen molar-refractivity contribution in [1.29, 1.82) is 0 Å². The molecule has 2 heterocycles. The topological polar surface area (TPSA) is 72.8 Å². The van der Waals surface area contributed by atoms with Crippen molar-refractivity contribution in [2.24, 2.45) is 0 Å². The number of aromatic nitrogens is 1. The Labute approximate surface area is 178 Å². The lowest BCUT2D eigenvalue weighted by Crippen LogP contribution is -2.40. The van der Waals surface area contributed by atoms with Crippen LogP contribution in [-0.2, 0) is 11.3 Å². The van der Waals surface area contributed by atoms with E-state index < -0.39 is 0 Å². The molecular weight excluding hydrogens is 382 g/mol. The lowest BCUT2D eigenvalue weighted by Gasteiger charge is -2.27. The van der Waals surface area contributed by atoms with E-state index in [1.807, 2.05) is 58.0 Å². The maximum atomic E-state index is 12.9. The summed E-state index contributed by atoms with van der Waals surface area (Å²) in [7, 11) is 1.78. The largest absolute Gasteiger partial charge is 0.486 e. The Balaban J connectivity index is 1.64. The lowest BCUT2D eigenvalue weighted by atomic mass is 10.1. The minimum atomic E-state index is -0.130. The van der Waals surface area contributed by atoms with Crippen LogP contribution in [0.25, 0.3) is 0 Å². The third kappa shape index (κ3) is 5.21. The molecule has 1 amide bonds. The molecule has 7 heteroatoms. The highest BCUT2D eigenvalue weighted by molar-refractivity contribution is 5.99. The highest BCUT2D eigenvalue weighted by Gasteiger charge is 2.24. The van der Waals surface area contributed by atoms with Crippen molar-refractivity contribution in [3.05, 3.63) is 47.3 Å². The lowest BCUT2D eigenvalue weighted by molar-refractivity contribution is -0.122. The highest BCUT2D eigenvalue weighted by Crippen LogP contribution is 2.31. The number of hydrogen-bond acceptors (Lipinski definition) is 5. The number of ether oxygens (including phenoxy) is 2. The van der Waals surface area contributed by atoms with E-state index in [0.29, 0.717) is 18.7 Å². The first-order valence-electron chi connectivity index (χ1n) is 10.3. The molecule has 7 nitrogen and oxygen atoms in total. The van der Waals surface area contributed by atoms with Gasteiger partial charge in [-0.25, -0.2) is 0 Å². The number of likely N-dealkylation sites (N-methyl/N-ethyl adjacent to an activating group) is 1. The highest BCUT2D eigenvalue weighted by atomic mass is 16.6. The molecule has 0 bridgehead atoms. The summed E-state index contributed by atoms with van der Waals surface area (Å²) in [4.78, 5) is 26.5. The number of Topliss-reactive ketones (excluding diaryl/α,β-unsaturated/α-hetero) is 1. The Morgan fingerprint density at radius 1 is 1.20 bits per heavy atom. The van der Waals surface area contributed by atoms with E-state index in [4.69, 9.17) is 9.47 Å². The molecule has 0 fully saturated rings. The van der Waals surface area contributed by atoms with Crippen molar-refractivity contribution in [3.63, 3.8) is 0 Å². The minimum absolute atomic E-state index is 0.000329. The van der Waals surface area contributed by atoms with Crippen LogP contribution in [-0.4, -0.2) is 60.0 Å². The number of nitrogens with zero attached hydrogens (tertiary/aromatic N) is 2. The van der Waals surface area contributed by atoms with Gasteiger partial charge < -0.3 is 19.4 Å². The van der Waals surface area contributed by atoms with E-state index in [-0.39, 0.29) is 36.9 Å². The van der Waals surface area contributed by atoms with E-state index in [1.54, 1.807) is 11.9 Å². The number of hydrogen-bond donors (Lipinski definition) is 1. The van der Waals surface area contributed by atoms with Gasteiger partial charge in [-0.3, -0.25) is 14.5 Å². The van der Waals surface area contributed by atoms with E-state index in [0.717, 1.165) is 22.9 Å². The molecular formula is C23H31N3O4. The summed E-state index contributed by atoms with van der Waals surface area (Å²) in [6, 6.07) is 9.63. The molecule has 1 N–H and O–H groups in total. The molecule has 1 aromatic carbocycles. The van der Waals surface area contributed by atoms with Crippen molar-refractivity contribution < 1.29 is 19.1 Å². The summed E-state index contributed by atoms with van der Waals surface area (Å²) < 4.78 is 14.0. The van der Waals surface area contributed by atoms with Gasteiger partial charge in [0.05, 0.1) is 19.6 Å². The van der Waals surface area contributed by atoms with Crippen LogP contribution < -0.4 is 14.8 Å². The number of benzene rings is 1. The predicted molar refractivity (Wildman–Crippen MR) is 115 cm³/mol. The fourth-order valence-electron chi connectivity index (χ4n) is 3.72. The van der Waals surface area contributed by atoms with Crippen molar-refractivity contribution in [2.45, 2.75) is 46.4 Å². The van der Waals surface area contributed by atoms with Gasteiger partial charge in [0.1, 0.15) is 6.61 Å². The predicted octanol–water partition coefficient (Wildman–Crippen LogP) is 2.58. The van der Waals surface area contributed by atoms with Crippen molar-refractivity contribution in [3.8, 4) is 11.5 Å². The Bertz CT molecular complexity index is 919. The Kier molecular flexibility index (Phi) is 6.82. The first kappa shape index (κ1) is 21.9. The molecule has 1 atom stereocenters. The van der Waals surface area contributed by atoms with Gasteiger partial charge in [0.15, 0.2) is 23.4 Å². The zero-order valence-corrected chi connectivity index (χ0v) is 18.4. The average Bonchev–Trinajstić information content (AvgIpc) is 2.95. The molecule has 0 aliphatic carbocycles. The smallest absolute Gasteiger partial charge is 0.234 e. The van der Waals surface area contributed by atoms with Crippen LogP contribution in [0, 0.1) is 13.8 Å². The summed E-state index contributed by atoms with van der Waals surface area (Å²) in [5.74, 6) is 1.42. The first-order valence-corrected chi connectivity index (χ1v) is 10.3. The Morgan fingerprint density at radius 3 is 2.60 bits per heavy atom. The Morgan fingerprint density at radius 2 is 1.90 bits per heavy atom. The van der Waals surface area contributed by atoms with Crippen LogP contribution in [0.15, 0.2) is 30.3 Å². The second-order valence-electron chi connectivity index (χ2n) is 8.21. The normalized spacial score (nSPS) is 15.5. The van der Waals surface area contributed by atoms with Gasteiger partial charge in [0.25, 0.3) is 0 Å². The summed E-state index contributed by atoms with van der Waals surface area (Å²) in [5, 5.41) is 2.84. The number of carbonyl (C=O) groups is 2. The summed E-state index contributed by atoms with van der Waals surface area (Å²) >= 11 is 0. The van der Waals surface area contributed by atoms with E-state index in [9.17, 15) is 9.59 Å². The maximum absolute atomic E-state index is 12.9. The van der Waals surface area contributed by atoms with Crippen LogP contribution in [0.1, 0.15) is 35.6 Å². The zero-order valence-electron chi connectivity index (χ0n) is 18.4. The number of amides is 1. The zero-order chi connectivity index (χ0) is 21.8. The number of rotatable bonds is 8. The molecule has 0 saturated heterocycles. The number of ketones is 1. The molecule has 1 aliphatic rings. The van der Waals surface area contributed by atoms with Crippen LogP contribution in [0.3, 0.4) is 0 Å². The number of nitrogens with one attached hydrogen (secondary N) is 1. The number of carbonyl (C=O) groups excluding carboxylic acids is 2. The third-order valence-electron chi connectivity index (χ3n) is 5.10. The third-order valence-corrected chi connectivity index (χ3v) is 5.10. The van der Waals surface area contributed by atoms with Gasteiger partial charge in [-0.15, -0.1) is 0 Å². The SMILES string of the molecule is Cc1cc(C(=O)CN(C)CC(=O)NC(C)C)c(C)n1CC1COc2ccccc2O1. The van der Waals surface area contributed by atoms with Gasteiger partial charge in [-0.05, 0) is 52.9 Å². The molecule has 0 spiro atoms. The molecule has 0 radical (unpaired) electrons. The molecule has 1 aromatic heterocycles. The van der Waals surface area contributed by atoms with Crippen LogP contribution in [0.5, 0.6) is 11.5 Å². The number of fused-ring (bicyclic) bond motifs is 1. The molecule has 162 valence electrons. The molecule has 1 aliphatic heterocycles. The van der Waals surface area contributed by atoms with Crippen LogP contribution in [0.2, 0.25) is 0 Å². The molecule has 2 aromatic rings. The first-order chi connectivity index (χ1) is 14.2. The monoisotopic (exact) mass is 413 g/mol. The van der Waals surface area contributed by atoms with Gasteiger partial charge >= 0.3 is 0 Å². The van der Waals surface area contributed by atoms with Gasteiger partial charge in [0.2, 0.25) is 5.91 Å². The van der Waals surface area contributed by atoms with Crippen LogP contribution >= 0.6 is 0 Å². The second kappa shape index (κ2) is 9.34. The number of aryl methyl sites for hydroxylation is 1. The van der Waals surface area contributed by atoms with Gasteiger partial charge in [-0.1, -0.05) is 12.1 Å². The fraction of sp³-hybridized carbons (Fsp3) is 0.478. The minimum Gasteiger partial charge on any atom is -0.486 e. The standard InChI is InChI=1S/C23H31N3O4/c1-15(2)24-23(28)13-25(5)12-20(27)19-10-16(3)26(17(19)4)11-18-14-29-21-8-6-7-9-22(21)30-18/h6-10,15,18H,11-14H2,1-5H3,(H,24,28). The van der Waals surface area contributed by atoms with E-state index >= 15 is 0 Å². The van der Waals surface area contributed by atoms with E-state index in [2.05, 4.69) is 9.88 Å². The van der Waals surface area contributed by atoms with Gasteiger partial charge in [0, 0.05) is 23.0 Å². The quantitative estimate of drug-likeness (QED) is 0.674. The van der Waals surface area contributed by atoms with Crippen molar-refractivity contribution >= 4 is 11.7 Å². The second-order valence-corrected chi connectivity index (χ2v) is 8.21. The van der Waals surface area contributed by atoms with Crippen molar-refractivity contribution in [1.82, 2.24) is 14.8 Å². The molecule has 30 heavy (non-hydrogen) atoms. The number of para-hydroxylation sites is 2. The summed E-state index contributed by atoms with van der Waals surface area (Å²) in [5.41, 5.74) is 2.58. The van der Waals surface area contributed by atoms with Gasteiger partial charge in [-0.2, -0.15) is 0 Å².